The molecule has 9 heteroatoms. The van der Waals surface area contributed by atoms with E-state index in [1.54, 1.807) is 16.7 Å². The van der Waals surface area contributed by atoms with Crippen LogP contribution in [-0.4, -0.2) is 33.5 Å². The Morgan fingerprint density at radius 2 is 2.00 bits per heavy atom. The monoisotopic (exact) mass is 421 g/mol. The van der Waals surface area contributed by atoms with Crippen LogP contribution in [0.1, 0.15) is 26.7 Å². The van der Waals surface area contributed by atoms with Crippen molar-refractivity contribution in [2.75, 3.05) is 29.5 Å². The quantitative estimate of drug-likeness (QED) is 0.325. The number of nitrogens with one attached hydrogen (secondary N) is 2. The molecule has 0 bridgehead atoms. The van der Waals surface area contributed by atoms with Crippen molar-refractivity contribution in [2.24, 2.45) is 0 Å². The van der Waals surface area contributed by atoms with Gasteiger partial charge in [-0.25, -0.2) is 4.79 Å². The third-order valence-corrected chi connectivity index (χ3v) is 5.55. The number of rotatable bonds is 9. The van der Waals surface area contributed by atoms with Crippen LogP contribution in [0.4, 0.5) is 11.5 Å². The minimum absolute atomic E-state index is 0.145. The first-order valence-electron chi connectivity index (χ1n) is 9.35. The summed E-state index contributed by atoms with van der Waals surface area (Å²) in [5.41, 5.74) is 5.38. The Labute approximate surface area is 174 Å². The highest BCUT2D eigenvalue weighted by Gasteiger charge is 2.20. The maximum absolute atomic E-state index is 12.4. The SMILES string of the molecule is CCCCn1c(N)c(N(CC)C(=S)NCCSc2ccccc2)c(=O)[nH]c1=O. The minimum Gasteiger partial charge on any atom is -0.383 e. The van der Waals surface area contributed by atoms with E-state index in [1.165, 1.54) is 9.46 Å². The number of nitrogens with zero attached hydrogens (tertiary/aromatic N) is 2. The summed E-state index contributed by atoms with van der Waals surface area (Å²) in [5, 5.41) is 3.59. The maximum atomic E-state index is 12.4. The Morgan fingerprint density at radius 3 is 2.64 bits per heavy atom. The van der Waals surface area contributed by atoms with Gasteiger partial charge in [-0.15, -0.1) is 11.8 Å². The Morgan fingerprint density at radius 1 is 1.29 bits per heavy atom. The predicted octanol–water partition coefficient (Wildman–Crippen LogP) is 2.41. The van der Waals surface area contributed by atoms with Crippen molar-refractivity contribution in [3.05, 3.63) is 51.2 Å². The molecule has 0 aliphatic heterocycles. The van der Waals surface area contributed by atoms with E-state index in [0.717, 1.165) is 18.6 Å². The van der Waals surface area contributed by atoms with Crippen LogP contribution in [0.3, 0.4) is 0 Å². The van der Waals surface area contributed by atoms with Crippen LogP contribution in [0, 0.1) is 0 Å². The molecule has 0 aliphatic carbocycles. The van der Waals surface area contributed by atoms with E-state index >= 15 is 0 Å². The number of thiocarbonyl (C=S) groups is 1. The van der Waals surface area contributed by atoms with Gasteiger partial charge in [-0.3, -0.25) is 14.3 Å². The average molecular weight is 422 g/mol. The van der Waals surface area contributed by atoms with Crippen LogP contribution in [0.2, 0.25) is 0 Å². The summed E-state index contributed by atoms with van der Waals surface area (Å²) in [5.74, 6) is 0.968. The third-order valence-electron chi connectivity index (χ3n) is 4.17. The molecular weight excluding hydrogens is 394 g/mol. The molecule has 2 rings (SSSR count). The van der Waals surface area contributed by atoms with E-state index < -0.39 is 11.2 Å². The molecule has 0 spiro atoms. The first-order valence-corrected chi connectivity index (χ1v) is 10.7. The molecule has 28 heavy (non-hydrogen) atoms. The van der Waals surface area contributed by atoms with Gasteiger partial charge in [-0.05, 0) is 37.7 Å². The standard InChI is InChI=1S/C19H27N5O2S2/c1-3-5-12-24-16(20)15(17(25)22-18(24)26)23(4-2)19(27)21-11-13-28-14-9-7-6-8-10-14/h6-10H,3-5,11-13,20H2,1-2H3,(H,21,27)(H,22,25,26). The number of thioether (sulfide) groups is 1. The summed E-state index contributed by atoms with van der Waals surface area (Å²) in [4.78, 5) is 29.7. The summed E-state index contributed by atoms with van der Waals surface area (Å²) in [6.45, 7) is 5.46. The van der Waals surface area contributed by atoms with Gasteiger partial charge in [0.15, 0.2) is 10.8 Å². The first kappa shape index (κ1) is 22.0. The van der Waals surface area contributed by atoms with E-state index in [4.69, 9.17) is 18.0 Å². The van der Waals surface area contributed by atoms with Gasteiger partial charge in [-0.2, -0.15) is 0 Å². The number of unbranched alkanes of at least 4 members (excludes halogenated alkanes) is 1. The molecule has 2 aromatic rings. The molecule has 0 saturated heterocycles. The molecule has 0 fully saturated rings. The Kier molecular flexibility index (Phi) is 8.59. The number of H-pyrrole nitrogens is 1. The van der Waals surface area contributed by atoms with E-state index in [0.29, 0.717) is 24.7 Å². The zero-order chi connectivity index (χ0) is 20.5. The van der Waals surface area contributed by atoms with Crippen molar-refractivity contribution in [1.82, 2.24) is 14.9 Å². The Balaban J connectivity index is 2.09. The number of hydrogen-bond donors (Lipinski definition) is 3. The van der Waals surface area contributed by atoms with Crippen molar-refractivity contribution < 1.29 is 0 Å². The fourth-order valence-corrected chi connectivity index (χ4v) is 3.83. The van der Waals surface area contributed by atoms with Crippen LogP contribution < -0.4 is 27.2 Å². The number of anilines is 2. The lowest BCUT2D eigenvalue weighted by Gasteiger charge is -2.25. The lowest BCUT2D eigenvalue weighted by Crippen LogP contribution is -2.45. The van der Waals surface area contributed by atoms with E-state index in [1.807, 2.05) is 32.0 Å². The molecule has 0 unspecified atom stereocenters. The van der Waals surface area contributed by atoms with Crippen molar-refractivity contribution in [3.8, 4) is 0 Å². The molecular formula is C19H27N5O2S2. The second-order valence-corrected chi connectivity index (χ2v) is 7.69. The van der Waals surface area contributed by atoms with Gasteiger partial charge in [0.05, 0.1) is 0 Å². The number of nitrogens with two attached hydrogens (primary N) is 1. The van der Waals surface area contributed by atoms with Gasteiger partial charge in [-0.1, -0.05) is 31.5 Å². The van der Waals surface area contributed by atoms with Crippen molar-refractivity contribution in [1.29, 1.82) is 0 Å². The molecule has 0 saturated carbocycles. The Hall–Kier alpha value is -2.26. The molecule has 0 aliphatic rings. The highest BCUT2D eigenvalue weighted by atomic mass is 32.2. The fraction of sp³-hybridized carbons (Fsp3) is 0.421. The lowest BCUT2D eigenvalue weighted by molar-refractivity contribution is 0.604. The topological polar surface area (TPSA) is 96.2 Å². The summed E-state index contributed by atoms with van der Waals surface area (Å²) in [6, 6.07) is 10.1. The molecule has 0 radical (unpaired) electrons. The molecule has 1 aromatic carbocycles. The van der Waals surface area contributed by atoms with Crippen molar-refractivity contribution in [3.63, 3.8) is 0 Å². The summed E-state index contributed by atoms with van der Waals surface area (Å²) in [7, 11) is 0. The maximum Gasteiger partial charge on any atom is 0.330 e. The van der Waals surface area contributed by atoms with Gasteiger partial charge in [0.1, 0.15) is 5.82 Å². The predicted molar refractivity (Wildman–Crippen MR) is 121 cm³/mol. The molecule has 1 aromatic heterocycles. The number of aromatic nitrogens is 2. The zero-order valence-corrected chi connectivity index (χ0v) is 17.9. The summed E-state index contributed by atoms with van der Waals surface area (Å²) < 4.78 is 1.40. The zero-order valence-electron chi connectivity index (χ0n) is 16.2. The Bertz CT molecular complexity index is 895. The number of benzene rings is 1. The van der Waals surface area contributed by atoms with Crippen molar-refractivity contribution >= 4 is 40.6 Å². The number of hydrogen-bond acceptors (Lipinski definition) is 5. The van der Waals surface area contributed by atoms with Crippen LogP contribution in [0.15, 0.2) is 44.8 Å². The summed E-state index contributed by atoms with van der Waals surface area (Å²) >= 11 is 7.20. The molecule has 7 nitrogen and oxygen atoms in total. The highest BCUT2D eigenvalue weighted by Crippen LogP contribution is 2.18. The lowest BCUT2D eigenvalue weighted by atomic mass is 10.3. The minimum atomic E-state index is -0.528. The fourth-order valence-electron chi connectivity index (χ4n) is 2.72. The van der Waals surface area contributed by atoms with Crippen LogP contribution >= 0.6 is 24.0 Å². The third kappa shape index (κ3) is 5.62. The summed E-state index contributed by atoms with van der Waals surface area (Å²) in [6.07, 6.45) is 1.71. The van der Waals surface area contributed by atoms with E-state index in [-0.39, 0.29) is 11.5 Å². The van der Waals surface area contributed by atoms with Crippen LogP contribution in [0.5, 0.6) is 0 Å². The second-order valence-electron chi connectivity index (χ2n) is 6.14. The van der Waals surface area contributed by atoms with E-state index in [9.17, 15) is 9.59 Å². The van der Waals surface area contributed by atoms with Crippen molar-refractivity contribution in [2.45, 2.75) is 38.1 Å². The number of nitrogen functional groups attached to an aromatic ring is 1. The largest absolute Gasteiger partial charge is 0.383 e. The van der Waals surface area contributed by atoms with Gasteiger partial charge < -0.3 is 16.0 Å². The average Bonchev–Trinajstić information content (AvgIpc) is 2.69. The normalized spacial score (nSPS) is 10.6. The first-order chi connectivity index (χ1) is 13.5. The molecule has 0 atom stereocenters. The van der Waals surface area contributed by atoms with Gasteiger partial charge >= 0.3 is 5.69 Å². The number of aromatic amines is 1. The molecule has 0 amide bonds. The molecule has 152 valence electrons. The smallest absolute Gasteiger partial charge is 0.330 e. The second kappa shape index (κ2) is 10.9. The van der Waals surface area contributed by atoms with Gasteiger partial charge in [0.2, 0.25) is 0 Å². The van der Waals surface area contributed by atoms with Gasteiger partial charge in [0.25, 0.3) is 5.56 Å². The van der Waals surface area contributed by atoms with Crippen LogP contribution in [0.25, 0.3) is 0 Å². The highest BCUT2D eigenvalue weighted by molar-refractivity contribution is 7.99. The van der Waals surface area contributed by atoms with E-state index in [2.05, 4.69) is 22.4 Å². The molecule has 4 N–H and O–H groups in total. The van der Waals surface area contributed by atoms with Gasteiger partial charge in [0, 0.05) is 30.3 Å². The van der Waals surface area contributed by atoms with Crippen LogP contribution in [-0.2, 0) is 6.54 Å². The molecule has 1 heterocycles.